The predicted octanol–water partition coefficient (Wildman–Crippen LogP) is 3.83. The molecule has 0 amide bonds. The van der Waals surface area contributed by atoms with Crippen LogP contribution >= 0.6 is 0 Å². The van der Waals surface area contributed by atoms with Gasteiger partial charge in [0.2, 0.25) is 0 Å². The molecule has 1 aliphatic carbocycles. The molecule has 0 spiro atoms. The molecular formula is C18H32N2. The maximum Gasteiger partial charge on any atom is 0.0223 e. The Morgan fingerprint density at radius 3 is 2.90 bits per heavy atom. The highest BCUT2D eigenvalue weighted by molar-refractivity contribution is 5.05. The quantitative estimate of drug-likeness (QED) is 0.720. The fraction of sp³-hybridized carbons (Fsp3) is 0.889. The molecule has 2 nitrogen and oxygen atoms in total. The van der Waals surface area contributed by atoms with Crippen molar-refractivity contribution in [2.75, 3.05) is 26.2 Å². The van der Waals surface area contributed by atoms with Crippen molar-refractivity contribution < 1.29 is 0 Å². The Hall–Kier alpha value is -0.340. The molecule has 114 valence electrons. The first-order valence-corrected chi connectivity index (χ1v) is 9.03. The Balaban J connectivity index is 1.54. The van der Waals surface area contributed by atoms with Crippen molar-refractivity contribution in [3.8, 4) is 0 Å². The number of rotatable bonds is 4. The lowest BCUT2D eigenvalue weighted by Crippen LogP contribution is -2.59. The maximum absolute atomic E-state index is 2.82. The Morgan fingerprint density at radius 1 is 1.15 bits per heavy atom. The van der Waals surface area contributed by atoms with E-state index in [-0.39, 0.29) is 0 Å². The first-order chi connectivity index (χ1) is 9.86. The van der Waals surface area contributed by atoms with E-state index in [2.05, 4.69) is 22.8 Å². The minimum atomic E-state index is 0.813. The smallest absolute Gasteiger partial charge is 0.0223 e. The number of hydrogen-bond acceptors (Lipinski definition) is 2. The van der Waals surface area contributed by atoms with Crippen LogP contribution in [0.5, 0.6) is 0 Å². The van der Waals surface area contributed by atoms with E-state index < -0.39 is 0 Å². The van der Waals surface area contributed by atoms with Crippen molar-refractivity contribution in [2.45, 2.75) is 76.8 Å². The van der Waals surface area contributed by atoms with Gasteiger partial charge in [0.15, 0.2) is 0 Å². The highest BCUT2D eigenvalue weighted by Crippen LogP contribution is 2.27. The number of fused-ring (bicyclic) bond motifs is 1. The molecule has 0 aromatic heterocycles. The van der Waals surface area contributed by atoms with E-state index in [9.17, 15) is 0 Å². The van der Waals surface area contributed by atoms with Crippen LogP contribution in [0.4, 0.5) is 0 Å². The summed E-state index contributed by atoms with van der Waals surface area (Å²) >= 11 is 0. The first kappa shape index (κ1) is 14.6. The van der Waals surface area contributed by atoms with Crippen molar-refractivity contribution in [1.29, 1.82) is 0 Å². The molecule has 2 aliphatic heterocycles. The summed E-state index contributed by atoms with van der Waals surface area (Å²) in [6, 6.07) is 1.68. The van der Waals surface area contributed by atoms with Crippen LogP contribution in [-0.2, 0) is 0 Å². The summed E-state index contributed by atoms with van der Waals surface area (Å²) in [5.74, 6) is 0. The zero-order valence-electron chi connectivity index (χ0n) is 13.3. The van der Waals surface area contributed by atoms with Crippen LogP contribution < -0.4 is 0 Å². The zero-order chi connectivity index (χ0) is 13.8. The van der Waals surface area contributed by atoms with Gasteiger partial charge in [0.25, 0.3) is 0 Å². The number of allylic oxidation sites excluding steroid dienone is 1. The van der Waals surface area contributed by atoms with E-state index in [4.69, 9.17) is 0 Å². The lowest BCUT2D eigenvalue weighted by atomic mass is 9.94. The fourth-order valence-electron chi connectivity index (χ4n) is 4.39. The van der Waals surface area contributed by atoms with Gasteiger partial charge in [-0.25, -0.2) is 0 Å². The van der Waals surface area contributed by atoms with Gasteiger partial charge in [0.1, 0.15) is 0 Å². The minimum absolute atomic E-state index is 0.813. The normalized spacial score (nSPS) is 32.8. The van der Waals surface area contributed by atoms with Crippen LogP contribution in [0.25, 0.3) is 0 Å². The minimum Gasteiger partial charge on any atom is -0.298 e. The second kappa shape index (κ2) is 7.09. The predicted molar refractivity (Wildman–Crippen MR) is 86.0 cm³/mol. The first-order valence-electron chi connectivity index (χ1n) is 9.03. The Labute approximate surface area is 125 Å². The van der Waals surface area contributed by atoms with Crippen molar-refractivity contribution >= 4 is 0 Å². The molecule has 2 fully saturated rings. The number of hydrogen-bond donors (Lipinski definition) is 0. The second-order valence-corrected chi connectivity index (χ2v) is 7.06. The van der Waals surface area contributed by atoms with Gasteiger partial charge in [0, 0.05) is 31.7 Å². The maximum atomic E-state index is 2.82. The van der Waals surface area contributed by atoms with E-state index in [1.807, 2.05) is 0 Å². The molecule has 0 saturated carbocycles. The molecule has 0 aromatic carbocycles. The monoisotopic (exact) mass is 276 g/mol. The highest BCUT2D eigenvalue weighted by Gasteiger charge is 2.33. The molecule has 0 radical (unpaired) electrons. The highest BCUT2D eigenvalue weighted by atomic mass is 15.3. The standard InChI is InChI=1S/C18H32N2/c1-2-17-14-19-12-7-6-10-18(19)15-20(17)13-11-16-8-4-3-5-9-16/h8,17-18H,2-7,9-15H2,1H3. The van der Waals surface area contributed by atoms with Gasteiger partial charge in [0.05, 0.1) is 0 Å². The van der Waals surface area contributed by atoms with E-state index in [0.29, 0.717) is 0 Å². The van der Waals surface area contributed by atoms with Gasteiger partial charge in [-0.05, 0) is 57.9 Å². The van der Waals surface area contributed by atoms with E-state index >= 15 is 0 Å². The molecule has 0 N–H and O–H groups in total. The third-order valence-corrected chi connectivity index (χ3v) is 5.73. The summed E-state index contributed by atoms with van der Waals surface area (Å²) < 4.78 is 0. The van der Waals surface area contributed by atoms with Gasteiger partial charge in [-0.2, -0.15) is 0 Å². The van der Waals surface area contributed by atoms with Gasteiger partial charge >= 0.3 is 0 Å². The summed E-state index contributed by atoms with van der Waals surface area (Å²) in [5, 5.41) is 0. The van der Waals surface area contributed by atoms with Gasteiger partial charge in [-0.1, -0.05) is 25.0 Å². The lowest BCUT2D eigenvalue weighted by molar-refractivity contribution is 0.00815. The average molecular weight is 276 g/mol. The zero-order valence-corrected chi connectivity index (χ0v) is 13.3. The summed E-state index contributed by atoms with van der Waals surface area (Å²) in [6.07, 6.45) is 15.1. The van der Waals surface area contributed by atoms with Crippen LogP contribution in [0.1, 0.15) is 64.7 Å². The van der Waals surface area contributed by atoms with Crippen LogP contribution in [0.3, 0.4) is 0 Å². The number of piperidine rings is 1. The van der Waals surface area contributed by atoms with Crippen molar-refractivity contribution in [3.63, 3.8) is 0 Å². The summed E-state index contributed by atoms with van der Waals surface area (Å²) in [7, 11) is 0. The van der Waals surface area contributed by atoms with Crippen molar-refractivity contribution in [2.24, 2.45) is 0 Å². The molecule has 0 bridgehead atoms. The Bertz CT molecular complexity index is 336. The van der Waals surface area contributed by atoms with E-state index in [1.165, 1.54) is 84.0 Å². The molecule has 2 heteroatoms. The molecule has 3 rings (SSSR count). The van der Waals surface area contributed by atoms with Gasteiger partial charge in [-0.3, -0.25) is 9.80 Å². The van der Waals surface area contributed by atoms with E-state index in [0.717, 1.165) is 12.1 Å². The van der Waals surface area contributed by atoms with Crippen molar-refractivity contribution in [3.05, 3.63) is 11.6 Å². The summed E-state index contributed by atoms with van der Waals surface area (Å²) in [5.41, 5.74) is 1.75. The van der Waals surface area contributed by atoms with Crippen LogP contribution in [0, 0.1) is 0 Å². The molecule has 2 unspecified atom stereocenters. The molecule has 2 heterocycles. The third-order valence-electron chi connectivity index (χ3n) is 5.73. The largest absolute Gasteiger partial charge is 0.298 e. The Morgan fingerprint density at radius 2 is 2.10 bits per heavy atom. The molecule has 0 aromatic rings. The topological polar surface area (TPSA) is 6.48 Å². The van der Waals surface area contributed by atoms with Crippen LogP contribution in [-0.4, -0.2) is 48.1 Å². The summed E-state index contributed by atoms with van der Waals surface area (Å²) in [6.45, 7) is 7.72. The second-order valence-electron chi connectivity index (χ2n) is 7.06. The molecular weight excluding hydrogens is 244 g/mol. The number of piperazine rings is 1. The molecule has 20 heavy (non-hydrogen) atoms. The lowest BCUT2D eigenvalue weighted by Gasteiger charge is -2.48. The SMILES string of the molecule is CCC1CN2CCCCC2CN1CCC1=CCCCC1. The van der Waals surface area contributed by atoms with Gasteiger partial charge in [-0.15, -0.1) is 0 Å². The van der Waals surface area contributed by atoms with Gasteiger partial charge < -0.3 is 0 Å². The van der Waals surface area contributed by atoms with Crippen molar-refractivity contribution in [1.82, 2.24) is 9.80 Å². The Kier molecular flexibility index (Phi) is 5.17. The average Bonchev–Trinajstić information content (AvgIpc) is 2.53. The van der Waals surface area contributed by atoms with E-state index in [1.54, 1.807) is 5.57 Å². The molecule has 3 aliphatic rings. The third kappa shape index (κ3) is 3.46. The van der Waals surface area contributed by atoms with Crippen LogP contribution in [0.2, 0.25) is 0 Å². The fourth-order valence-corrected chi connectivity index (χ4v) is 4.39. The molecule has 2 atom stereocenters. The van der Waals surface area contributed by atoms with Crippen LogP contribution in [0.15, 0.2) is 11.6 Å². The molecule has 2 saturated heterocycles. The number of nitrogens with zero attached hydrogens (tertiary/aromatic N) is 2. The summed E-state index contributed by atoms with van der Waals surface area (Å²) in [4.78, 5) is 5.61.